The zero-order valence-electron chi connectivity index (χ0n) is 13.7. The van der Waals surface area contributed by atoms with Gasteiger partial charge in [-0.15, -0.1) is 0 Å². The first kappa shape index (κ1) is 16.6. The number of benzene rings is 1. The third-order valence-corrected chi connectivity index (χ3v) is 4.54. The van der Waals surface area contributed by atoms with Crippen molar-refractivity contribution >= 4 is 5.91 Å². The highest BCUT2D eigenvalue weighted by Crippen LogP contribution is 2.25. The molecule has 2 atom stereocenters. The molecule has 1 aliphatic heterocycles. The summed E-state index contributed by atoms with van der Waals surface area (Å²) in [7, 11) is 1.69. The first-order chi connectivity index (χ1) is 11.7. The molecule has 1 amide bonds. The number of amides is 1. The monoisotopic (exact) mass is 328 g/mol. The summed E-state index contributed by atoms with van der Waals surface area (Å²) in [6.45, 7) is 0.684. The fourth-order valence-corrected chi connectivity index (χ4v) is 3.29. The van der Waals surface area contributed by atoms with Gasteiger partial charge < -0.3 is 9.64 Å². The van der Waals surface area contributed by atoms with Gasteiger partial charge in [-0.25, -0.2) is 4.39 Å². The van der Waals surface area contributed by atoms with Crippen molar-refractivity contribution in [3.05, 3.63) is 65.7 Å². The highest BCUT2D eigenvalue weighted by Gasteiger charge is 2.36. The average Bonchev–Trinajstić information content (AvgIpc) is 3.00. The van der Waals surface area contributed by atoms with Gasteiger partial charge in [0.15, 0.2) is 0 Å². The standard InChI is InChI=1S/C19H21FN2O2/c1-24-18-8-10-22(17(18)11-15-3-2-9-21-13-15)19(23)12-14-4-6-16(20)7-5-14/h2-7,9,13,17-18H,8,10-12H2,1H3/t17-,18-/m1/s1. The van der Waals surface area contributed by atoms with E-state index >= 15 is 0 Å². The first-order valence-electron chi connectivity index (χ1n) is 8.13. The van der Waals surface area contributed by atoms with Crippen LogP contribution >= 0.6 is 0 Å². The molecular formula is C19H21FN2O2. The molecule has 1 saturated heterocycles. The van der Waals surface area contributed by atoms with Gasteiger partial charge in [0.05, 0.1) is 18.6 Å². The summed E-state index contributed by atoms with van der Waals surface area (Å²) >= 11 is 0. The summed E-state index contributed by atoms with van der Waals surface area (Å²) in [5.41, 5.74) is 1.91. The van der Waals surface area contributed by atoms with E-state index in [4.69, 9.17) is 4.74 Å². The lowest BCUT2D eigenvalue weighted by Gasteiger charge is -2.28. The van der Waals surface area contributed by atoms with Gasteiger partial charge in [-0.05, 0) is 42.2 Å². The molecule has 1 aliphatic rings. The Labute approximate surface area is 141 Å². The van der Waals surface area contributed by atoms with Crippen LogP contribution in [0, 0.1) is 5.82 Å². The lowest BCUT2D eigenvalue weighted by molar-refractivity contribution is -0.132. The zero-order chi connectivity index (χ0) is 16.9. The molecule has 126 valence electrons. The van der Waals surface area contributed by atoms with Crippen LogP contribution in [0.2, 0.25) is 0 Å². The van der Waals surface area contributed by atoms with Crippen molar-refractivity contribution in [2.45, 2.75) is 31.4 Å². The molecule has 2 heterocycles. The zero-order valence-corrected chi connectivity index (χ0v) is 13.7. The molecule has 4 nitrogen and oxygen atoms in total. The molecule has 5 heteroatoms. The number of pyridine rings is 1. The Morgan fingerprint density at radius 1 is 1.29 bits per heavy atom. The smallest absolute Gasteiger partial charge is 0.227 e. The average molecular weight is 328 g/mol. The van der Waals surface area contributed by atoms with Gasteiger partial charge in [-0.3, -0.25) is 9.78 Å². The highest BCUT2D eigenvalue weighted by atomic mass is 19.1. The van der Waals surface area contributed by atoms with E-state index in [9.17, 15) is 9.18 Å². The van der Waals surface area contributed by atoms with E-state index in [1.165, 1.54) is 12.1 Å². The Morgan fingerprint density at radius 3 is 2.75 bits per heavy atom. The molecule has 0 spiro atoms. The van der Waals surface area contributed by atoms with E-state index in [0.717, 1.165) is 24.0 Å². The molecule has 2 aromatic rings. The molecule has 0 bridgehead atoms. The van der Waals surface area contributed by atoms with Crippen molar-refractivity contribution in [3.8, 4) is 0 Å². The first-order valence-corrected chi connectivity index (χ1v) is 8.13. The lowest BCUT2D eigenvalue weighted by Crippen LogP contribution is -2.42. The van der Waals surface area contributed by atoms with E-state index in [1.54, 1.807) is 25.4 Å². The quantitative estimate of drug-likeness (QED) is 0.847. The van der Waals surface area contributed by atoms with Crippen molar-refractivity contribution in [2.24, 2.45) is 0 Å². The van der Waals surface area contributed by atoms with Gasteiger partial charge in [0.1, 0.15) is 5.82 Å². The number of hydrogen-bond donors (Lipinski definition) is 0. The number of carbonyl (C=O) groups is 1. The fraction of sp³-hybridized carbons (Fsp3) is 0.368. The SMILES string of the molecule is CO[C@@H]1CCN(C(=O)Cc2ccc(F)cc2)[C@@H]1Cc1cccnc1. The summed E-state index contributed by atoms with van der Waals surface area (Å²) in [5.74, 6) is -0.240. The van der Waals surface area contributed by atoms with Crippen molar-refractivity contribution in [1.29, 1.82) is 0 Å². The molecule has 3 rings (SSSR count). The van der Waals surface area contributed by atoms with Crippen molar-refractivity contribution < 1.29 is 13.9 Å². The van der Waals surface area contributed by atoms with Crippen molar-refractivity contribution in [1.82, 2.24) is 9.88 Å². The minimum atomic E-state index is -0.290. The fourth-order valence-electron chi connectivity index (χ4n) is 3.29. The van der Waals surface area contributed by atoms with Crippen LogP contribution < -0.4 is 0 Å². The summed E-state index contributed by atoms with van der Waals surface area (Å²) in [4.78, 5) is 18.8. The number of hydrogen-bond acceptors (Lipinski definition) is 3. The molecule has 1 aromatic carbocycles. The van der Waals surface area contributed by atoms with E-state index < -0.39 is 0 Å². The maximum absolute atomic E-state index is 13.0. The molecule has 1 aromatic heterocycles. The van der Waals surface area contributed by atoms with E-state index in [2.05, 4.69) is 4.98 Å². The Bertz CT molecular complexity index is 676. The molecule has 24 heavy (non-hydrogen) atoms. The Morgan fingerprint density at radius 2 is 2.08 bits per heavy atom. The third-order valence-electron chi connectivity index (χ3n) is 4.54. The van der Waals surface area contributed by atoms with Crippen LogP contribution in [-0.2, 0) is 22.4 Å². The van der Waals surface area contributed by atoms with Gasteiger partial charge in [0.2, 0.25) is 5.91 Å². The molecule has 0 saturated carbocycles. The van der Waals surface area contributed by atoms with Gasteiger partial charge in [0.25, 0.3) is 0 Å². The lowest BCUT2D eigenvalue weighted by atomic mass is 10.0. The number of rotatable bonds is 5. The molecule has 0 aliphatic carbocycles. The maximum atomic E-state index is 13.0. The van der Waals surface area contributed by atoms with E-state index in [-0.39, 0.29) is 30.3 Å². The minimum Gasteiger partial charge on any atom is -0.379 e. The van der Waals surface area contributed by atoms with E-state index in [0.29, 0.717) is 6.54 Å². The predicted molar refractivity (Wildman–Crippen MR) is 89.0 cm³/mol. The second-order valence-electron chi connectivity index (χ2n) is 6.09. The van der Waals surface area contributed by atoms with Crippen LogP contribution in [0.15, 0.2) is 48.8 Å². The van der Waals surface area contributed by atoms with Gasteiger partial charge in [0, 0.05) is 26.0 Å². The normalized spacial score (nSPS) is 20.3. The molecular weight excluding hydrogens is 307 g/mol. The maximum Gasteiger partial charge on any atom is 0.227 e. The van der Waals surface area contributed by atoms with Crippen LogP contribution in [0.1, 0.15) is 17.5 Å². The van der Waals surface area contributed by atoms with Gasteiger partial charge in [-0.2, -0.15) is 0 Å². The van der Waals surface area contributed by atoms with Crippen LogP contribution in [0.4, 0.5) is 4.39 Å². The number of carbonyl (C=O) groups excluding carboxylic acids is 1. The van der Waals surface area contributed by atoms with E-state index in [1.807, 2.05) is 23.2 Å². The van der Waals surface area contributed by atoms with Gasteiger partial charge in [-0.1, -0.05) is 18.2 Å². The Balaban J connectivity index is 1.72. The van der Waals surface area contributed by atoms with Crippen molar-refractivity contribution in [3.63, 3.8) is 0 Å². The van der Waals surface area contributed by atoms with Crippen LogP contribution in [0.25, 0.3) is 0 Å². The Kier molecular flexibility index (Phi) is 5.20. The van der Waals surface area contributed by atoms with Crippen LogP contribution in [0.3, 0.4) is 0 Å². The minimum absolute atomic E-state index is 0.00662. The summed E-state index contributed by atoms with van der Waals surface area (Å²) in [6, 6.07) is 10.0. The van der Waals surface area contributed by atoms with Crippen LogP contribution in [-0.4, -0.2) is 41.6 Å². The molecule has 1 fully saturated rings. The number of aromatic nitrogens is 1. The molecule has 0 radical (unpaired) electrons. The summed E-state index contributed by atoms with van der Waals surface area (Å²) in [6.07, 6.45) is 5.43. The van der Waals surface area contributed by atoms with Gasteiger partial charge >= 0.3 is 0 Å². The Hall–Kier alpha value is -2.27. The largest absolute Gasteiger partial charge is 0.379 e. The second-order valence-corrected chi connectivity index (χ2v) is 6.09. The predicted octanol–water partition coefficient (Wildman–Crippen LogP) is 2.62. The number of methoxy groups -OCH3 is 1. The number of nitrogens with zero attached hydrogens (tertiary/aromatic N) is 2. The third kappa shape index (κ3) is 3.79. The second kappa shape index (κ2) is 7.53. The van der Waals surface area contributed by atoms with Crippen LogP contribution in [0.5, 0.6) is 0 Å². The topological polar surface area (TPSA) is 42.4 Å². The summed E-state index contributed by atoms with van der Waals surface area (Å²) in [5, 5.41) is 0. The molecule has 0 unspecified atom stereocenters. The van der Waals surface area contributed by atoms with Crippen molar-refractivity contribution in [2.75, 3.05) is 13.7 Å². The summed E-state index contributed by atoms with van der Waals surface area (Å²) < 4.78 is 18.6. The number of ether oxygens (including phenoxy) is 1. The highest BCUT2D eigenvalue weighted by molar-refractivity contribution is 5.79. The molecule has 0 N–H and O–H groups in total. The number of halogens is 1. The number of likely N-dealkylation sites (tertiary alicyclic amines) is 1.